The number of rotatable bonds is 5. The van der Waals surface area contributed by atoms with E-state index in [0.717, 1.165) is 36.2 Å². The van der Waals surface area contributed by atoms with Gasteiger partial charge in [-0.3, -0.25) is 9.59 Å². The summed E-state index contributed by atoms with van der Waals surface area (Å²) in [6.07, 6.45) is 3.54. The summed E-state index contributed by atoms with van der Waals surface area (Å²) in [6, 6.07) is 15.4. The van der Waals surface area contributed by atoms with Gasteiger partial charge in [-0.2, -0.15) is 5.10 Å². The normalized spacial score (nSPS) is 20.5. The smallest absolute Gasteiger partial charge is 0.273 e. The van der Waals surface area contributed by atoms with E-state index >= 15 is 4.39 Å². The largest absolute Gasteiger partial charge is 0.371 e. The summed E-state index contributed by atoms with van der Waals surface area (Å²) < 4.78 is 17.5. The van der Waals surface area contributed by atoms with E-state index in [9.17, 15) is 9.59 Å². The second kappa shape index (κ2) is 9.68. The van der Waals surface area contributed by atoms with Crippen molar-refractivity contribution in [1.82, 2.24) is 19.5 Å². The minimum Gasteiger partial charge on any atom is -0.371 e. The summed E-state index contributed by atoms with van der Waals surface area (Å²) in [5, 5.41) is 4.80. The van der Waals surface area contributed by atoms with Crippen molar-refractivity contribution >= 4 is 23.1 Å². The Balaban J connectivity index is 1.23. The highest BCUT2D eigenvalue weighted by Crippen LogP contribution is 2.41. The Morgan fingerprint density at radius 2 is 1.85 bits per heavy atom. The van der Waals surface area contributed by atoms with Gasteiger partial charge < -0.3 is 15.5 Å². The van der Waals surface area contributed by atoms with Crippen molar-refractivity contribution in [2.45, 2.75) is 51.5 Å². The standard InChI is InChI=1S/C32H33FN6O2/c1-18-13-23(37-11-9-22(17-37)31(34)40)14-25(33)30(18)26-16-29-35-27(15-28(21-7-8-21)39(29)36-26)32(41)38-12-10-20-5-3-4-6-24(20)19(38)2/h3-6,13-16,19,21-22H,7-12,17H2,1-2H3,(H2,34,40)/t19-,22+/m1/s1. The van der Waals surface area contributed by atoms with E-state index in [1.54, 1.807) is 10.6 Å². The molecule has 3 aliphatic rings. The second-order valence-corrected chi connectivity index (χ2v) is 11.7. The monoisotopic (exact) mass is 552 g/mol. The Labute approximate surface area is 238 Å². The number of aryl methyl sites for hydroxylation is 1. The van der Waals surface area contributed by atoms with Gasteiger partial charge in [-0.15, -0.1) is 0 Å². The van der Waals surface area contributed by atoms with Gasteiger partial charge in [0.05, 0.1) is 17.7 Å². The minimum absolute atomic E-state index is 0.0422. The van der Waals surface area contributed by atoms with Crippen molar-refractivity contribution in [2.75, 3.05) is 24.5 Å². The number of amides is 2. The van der Waals surface area contributed by atoms with Gasteiger partial charge in [0.15, 0.2) is 5.65 Å². The van der Waals surface area contributed by atoms with E-state index in [4.69, 9.17) is 15.8 Å². The Morgan fingerprint density at radius 3 is 2.59 bits per heavy atom. The first-order chi connectivity index (χ1) is 19.8. The maximum atomic E-state index is 15.7. The molecule has 1 saturated heterocycles. The third-order valence-electron chi connectivity index (χ3n) is 9.01. The predicted molar refractivity (Wildman–Crippen MR) is 154 cm³/mol. The molecule has 7 rings (SSSR count). The fraction of sp³-hybridized carbons (Fsp3) is 0.375. The number of halogens is 1. The molecule has 2 amide bonds. The lowest BCUT2D eigenvalue weighted by molar-refractivity contribution is -0.121. The first-order valence-electron chi connectivity index (χ1n) is 14.4. The molecule has 41 heavy (non-hydrogen) atoms. The zero-order chi connectivity index (χ0) is 28.4. The number of nitrogens with zero attached hydrogens (tertiary/aromatic N) is 5. The molecule has 0 unspecified atom stereocenters. The summed E-state index contributed by atoms with van der Waals surface area (Å²) in [4.78, 5) is 34.1. The number of hydrogen-bond acceptors (Lipinski definition) is 5. The van der Waals surface area contributed by atoms with Crippen LogP contribution in [0.4, 0.5) is 10.1 Å². The second-order valence-electron chi connectivity index (χ2n) is 11.7. The van der Waals surface area contributed by atoms with Crippen LogP contribution in [-0.2, 0) is 11.2 Å². The molecule has 1 aliphatic carbocycles. The SMILES string of the molecule is Cc1cc(N2CC[C@H](C(N)=O)C2)cc(F)c1-c1cc2nc(C(=O)N3CCc4ccccc4[C@H]3C)cc(C3CC3)n2n1. The first kappa shape index (κ1) is 25.7. The Morgan fingerprint density at radius 1 is 1.05 bits per heavy atom. The first-order valence-corrected chi connectivity index (χ1v) is 14.4. The van der Waals surface area contributed by atoms with E-state index in [1.807, 2.05) is 41.0 Å². The molecule has 2 aromatic carbocycles. The highest BCUT2D eigenvalue weighted by atomic mass is 19.1. The summed E-state index contributed by atoms with van der Waals surface area (Å²) in [7, 11) is 0. The number of fused-ring (bicyclic) bond motifs is 2. The summed E-state index contributed by atoms with van der Waals surface area (Å²) >= 11 is 0. The van der Waals surface area contributed by atoms with E-state index in [1.165, 1.54) is 17.2 Å². The van der Waals surface area contributed by atoms with E-state index in [2.05, 4.69) is 19.1 Å². The van der Waals surface area contributed by atoms with Crippen molar-refractivity contribution in [1.29, 1.82) is 0 Å². The molecule has 2 fully saturated rings. The Hall–Kier alpha value is -4.27. The lowest BCUT2D eigenvalue weighted by atomic mass is 9.93. The van der Waals surface area contributed by atoms with Crippen LogP contribution in [-0.4, -0.2) is 50.9 Å². The number of anilines is 1. The number of carbonyl (C=O) groups is 2. The Kier molecular flexibility index (Phi) is 6.06. The number of benzene rings is 2. The lowest BCUT2D eigenvalue weighted by Gasteiger charge is -2.35. The molecule has 9 heteroatoms. The summed E-state index contributed by atoms with van der Waals surface area (Å²) in [5.74, 6) is -0.701. The zero-order valence-electron chi connectivity index (χ0n) is 23.3. The molecule has 0 radical (unpaired) electrons. The van der Waals surface area contributed by atoms with Gasteiger partial charge in [0.1, 0.15) is 11.5 Å². The number of primary amides is 1. The Bertz CT molecular complexity index is 1690. The van der Waals surface area contributed by atoms with Crippen molar-refractivity contribution in [3.8, 4) is 11.3 Å². The van der Waals surface area contributed by atoms with Gasteiger partial charge in [0.25, 0.3) is 5.91 Å². The molecule has 0 bridgehead atoms. The van der Waals surface area contributed by atoms with Crippen LogP contribution in [0.5, 0.6) is 0 Å². The number of aromatic nitrogens is 3. The molecule has 4 aromatic rings. The zero-order valence-corrected chi connectivity index (χ0v) is 23.3. The van der Waals surface area contributed by atoms with Crippen LogP contribution in [0.25, 0.3) is 16.9 Å². The van der Waals surface area contributed by atoms with Gasteiger partial charge in [-0.1, -0.05) is 24.3 Å². The van der Waals surface area contributed by atoms with Crippen LogP contribution in [0, 0.1) is 18.7 Å². The molecule has 2 aliphatic heterocycles. The molecule has 4 heterocycles. The molecule has 210 valence electrons. The summed E-state index contributed by atoms with van der Waals surface area (Å²) in [6.45, 7) is 5.73. The fourth-order valence-electron chi connectivity index (χ4n) is 6.56. The van der Waals surface area contributed by atoms with Crippen molar-refractivity contribution in [2.24, 2.45) is 11.7 Å². The minimum atomic E-state index is -0.379. The molecule has 2 atom stereocenters. The van der Waals surface area contributed by atoms with Crippen LogP contribution in [0.3, 0.4) is 0 Å². The highest BCUT2D eigenvalue weighted by Gasteiger charge is 2.33. The van der Waals surface area contributed by atoms with Crippen LogP contribution in [0.1, 0.15) is 71.0 Å². The average molecular weight is 553 g/mol. The quantitative estimate of drug-likeness (QED) is 0.384. The highest BCUT2D eigenvalue weighted by molar-refractivity contribution is 5.93. The van der Waals surface area contributed by atoms with Crippen LogP contribution in [0.2, 0.25) is 0 Å². The maximum Gasteiger partial charge on any atom is 0.273 e. The maximum absolute atomic E-state index is 15.7. The van der Waals surface area contributed by atoms with Gasteiger partial charge in [0, 0.05) is 48.6 Å². The fourth-order valence-corrected chi connectivity index (χ4v) is 6.56. The van der Waals surface area contributed by atoms with E-state index in [0.29, 0.717) is 54.6 Å². The molecular formula is C32H33FN6O2. The van der Waals surface area contributed by atoms with E-state index < -0.39 is 0 Å². The van der Waals surface area contributed by atoms with Crippen molar-refractivity contribution in [3.05, 3.63) is 82.4 Å². The van der Waals surface area contributed by atoms with Crippen LogP contribution < -0.4 is 10.6 Å². The lowest BCUT2D eigenvalue weighted by Crippen LogP contribution is -2.39. The molecule has 8 nitrogen and oxygen atoms in total. The van der Waals surface area contributed by atoms with Gasteiger partial charge in [-0.05, 0) is 74.4 Å². The predicted octanol–water partition coefficient (Wildman–Crippen LogP) is 4.79. The van der Waals surface area contributed by atoms with Crippen LogP contribution >= 0.6 is 0 Å². The van der Waals surface area contributed by atoms with Crippen LogP contribution in [0.15, 0.2) is 48.5 Å². The topological polar surface area (TPSA) is 96.8 Å². The number of nitrogens with two attached hydrogens (primary N) is 1. The molecule has 1 saturated carbocycles. The third-order valence-corrected chi connectivity index (χ3v) is 9.01. The summed E-state index contributed by atoms with van der Waals surface area (Å²) in [5.41, 5.74) is 12.2. The number of hydrogen-bond donors (Lipinski definition) is 1. The molecule has 2 aromatic heterocycles. The molecule has 2 N–H and O–H groups in total. The van der Waals surface area contributed by atoms with Gasteiger partial charge in [0.2, 0.25) is 5.91 Å². The third kappa shape index (κ3) is 4.44. The molecule has 0 spiro atoms. The van der Waals surface area contributed by atoms with E-state index in [-0.39, 0.29) is 29.6 Å². The van der Waals surface area contributed by atoms with Gasteiger partial charge >= 0.3 is 0 Å². The average Bonchev–Trinajstić information content (AvgIpc) is 3.51. The van der Waals surface area contributed by atoms with Gasteiger partial charge in [-0.25, -0.2) is 13.9 Å². The van der Waals surface area contributed by atoms with Crippen molar-refractivity contribution < 1.29 is 14.0 Å². The number of carbonyl (C=O) groups excluding carboxylic acids is 2. The van der Waals surface area contributed by atoms with Crippen molar-refractivity contribution in [3.63, 3.8) is 0 Å². The molecular weight excluding hydrogens is 519 g/mol.